The summed E-state index contributed by atoms with van der Waals surface area (Å²) >= 11 is 0. The van der Waals surface area contributed by atoms with E-state index in [1.165, 1.54) is 38.8 Å². The molecular weight excluding hydrogens is 457 g/mol. The van der Waals surface area contributed by atoms with E-state index >= 15 is 0 Å². The molecular formula is C22H16HfN-. The molecule has 0 unspecified atom stereocenters. The molecule has 0 saturated heterocycles. The van der Waals surface area contributed by atoms with Gasteiger partial charge in [-0.05, 0) is 22.9 Å². The minimum atomic E-state index is 0. The van der Waals surface area contributed by atoms with Crippen molar-refractivity contribution >= 4 is 22.1 Å². The zero-order valence-electron chi connectivity index (χ0n) is 13.2. The van der Waals surface area contributed by atoms with Crippen LogP contribution in [0.4, 0.5) is 11.4 Å². The number of hydrogen-bond donors (Lipinski definition) is 0. The maximum absolute atomic E-state index is 2.44. The van der Waals surface area contributed by atoms with Crippen LogP contribution in [-0.2, 0) is 32.4 Å². The second kappa shape index (κ2) is 6.10. The Balaban J connectivity index is 0.00000146. The van der Waals surface area contributed by atoms with Gasteiger partial charge < -0.3 is 4.90 Å². The van der Waals surface area contributed by atoms with Gasteiger partial charge in [0, 0.05) is 43.6 Å². The molecule has 0 fully saturated rings. The molecule has 0 bridgehead atoms. The Morgan fingerprint density at radius 2 is 1.46 bits per heavy atom. The second-order valence-electron chi connectivity index (χ2n) is 6.07. The van der Waals surface area contributed by atoms with Gasteiger partial charge in [-0.2, -0.15) is 12.1 Å². The van der Waals surface area contributed by atoms with Crippen molar-refractivity contribution in [1.29, 1.82) is 0 Å². The number of para-hydroxylation sites is 1. The van der Waals surface area contributed by atoms with Crippen molar-refractivity contribution in [2.45, 2.75) is 6.54 Å². The van der Waals surface area contributed by atoms with Crippen molar-refractivity contribution in [3.05, 3.63) is 90.5 Å². The Labute approximate surface area is 160 Å². The molecule has 1 nitrogen and oxygen atoms in total. The summed E-state index contributed by atoms with van der Waals surface area (Å²) in [5.74, 6) is 0. The number of anilines is 2. The van der Waals surface area contributed by atoms with Crippen molar-refractivity contribution in [3.8, 4) is 11.1 Å². The molecule has 0 spiro atoms. The maximum atomic E-state index is 2.44. The fourth-order valence-electron chi connectivity index (χ4n) is 3.71. The molecule has 0 aliphatic carbocycles. The number of nitrogens with zero attached hydrogens (tertiary/aromatic N) is 1. The molecule has 0 saturated carbocycles. The largest absolute Gasteiger partial charge is 0.345 e. The van der Waals surface area contributed by atoms with Crippen LogP contribution in [0.2, 0.25) is 0 Å². The summed E-state index contributed by atoms with van der Waals surface area (Å²) in [6.45, 7) is 0.914. The van der Waals surface area contributed by atoms with Crippen molar-refractivity contribution in [2.24, 2.45) is 0 Å². The van der Waals surface area contributed by atoms with Gasteiger partial charge in [0.25, 0.3) is 0 Å². The standard InChI is InChI=1S/C22H16N.Hf/c1-2-10-18-17(7-1)15-23(22-13-4-3-11-20(18)22)21-14-6-9-16-8-5-12-19(16)21;/h1-14H,15H2;/q-1;. The SMILES string of the molecule is [Hf].c1ccc2c(c1)CN(c1cccc3[cH-]ccc13)c1ccccc1-2. The normalized spacial score (nSPS) is 12.4. The predicted octanol–water partition coefficient (Wildman–Crippen LogP) is 5.87. The van der Waals surface area contributed by atoms with E-state index in [-0.39, 0.29) is 25.8 Å². The first kappa shape index (κ1) is 15.5. The minimum absolute atomic E-state index is 0. The topological polar surface area (TPSA) is 3.24 Å². The molecule has 0 amide bonds. The molecule has 24 heavy (non-hydrogen) atoms. The molecule has 0 radical (unpaired) electrons. The zero-order chi connectivity index (χ0) is 15.2. The van der Waals surface area contributed by atoms with Crippen LogP contribution in [-0.4, -0.2) is 0 Å². The van der Waals surface area contributed by atoms with Gasteiger partial charge in [0.2, 0.25) is 0 Å². The first-order valence-electron chi connectivity index (χ1n) is 8.01. The summed E-state index contributed by atoms with van der Waals surface area (Å²) in [6, 6.07) is 30.5. The molecule has 0 N–H and O–H groups in total. The predicted molar refractivity (Wildman–Crippen MR) is 97.3 cm³/mol. The number of benzene rings is 3. The van der Waals surface area contributed by atoms with Gasteiger partial charge in [-0.3, -0.25) is 0 Å². The quantitative estimate of drug-likeness (QED) is 0.247. The maximum Gasteiger partial charge on any atom is 0.0487 e. The molecule has 2 heteroatoms. The summed E-state index contributed by atoms with van der Waals surface area (Å²) in [4.78, 5) is 2.44. The van der Waals surface area contributed by atoms with E-state index in [1.807, 2.05) is 0 Å². The summed E-state index contributed by atoms with van der Waals surface area (Å²) < 4.78 is 0. The molecule has 1 heterocycles. The summed E-state index contributed by atoms with van der Waals surface area (Å²) in [6.07, 6.45) is 0. The van der Waals surface area contributed by atoms with E-state index in [1.54, 1.807) is 0 Å². The molecule has 0 atom stereocenters. The van der Waals surface area contributed by atoms with Crippen LogP contribution in [0.5, 0.6) is 0 Å². The summed E-state index contributed by atoms with van der Waals surface area (Å²) in [7, 11) is 0. The van der Waals surface area contributed by atoms with E-state index in [4.69, 9.17) is 0 Å². The van der Waals surface area contributed by atoms with Gasteiger partial charge in [-0.15, -0.1) is 29.0 Å². The Bertz CT molecular complexity index is 1020. The van der Waals surface area contributed by atoms with Gasteiger partial charge in [-0.25, -0.2) is 0 Å². The average Bonchev–Trinajstić information content (AvgIpc) is 3.10. The van der Waals surface area contributed by atoms with Gasteiger partial charge in [0.05, 0.1) is 0 Å². The number of hydrogen-bond acceptors (Lipinski definition) is 1. The van der Waals surface area contributed by atoms with E-state index < -0.39 is 0 Å². The molecule has 1 aliphatic rings. The Kier molecular flexibility index (Phi) is 3.93. The van der Waals surface area contributed by atoms with Crippen LogP contribution in [0.25, 0.3) is 21.9 Å². The fraction of sp³-hybridized carbons (Fsp3) is 0.0455. The van der Waals surface area contributed by atoms with Crippen molar-refractivity contribution in [1.82, 2.24) is 0 Å². The van der Waals surface area contributed by atoms with Gasteiger partial charge >= 0.3 is 0 Å². The van der Waals surface area contributed by atoms with Crippen molar-refractivity contribution < 1.29 is 25.8 Å². The Morgan fingerprint density at radius 1 is 0.708 bits per heavy atom. The average molecular weight is 473 g/mol. The first-order chi connectivity index (χ1) is 11.4. The van der Waals surface area contributed by atoms with Crippen LogP contribution in [0.15, 0.2) is 84.9 Å². The van der Waals surface area contributed by atoms with Crippen LogP contribution in [0.3, 0.4) is 0 Å². The smallest absolute Gasteiger partial charge is 0.0487 e. The van der Waals surface area contributed by atoms with Gasteiger partial charge in [-0.1, -0.05) is 48.5 Å². The third-order valence-corrected chi connectivity index (χ3v) is 4.78. The third kappa shape index (κ3) is 2.29. The zero-order valence-corrected chi connectivity index (χ0v) is 16.8. The van der Waals surface area contributed by atoms with E-state index in [9.17, 15) is 0 Å². The van der Waals surface area contributed by atoms with Crippen molar-refractivity contribution in [3.63, 3.8) is 0 Å². The molecule has 4 aromatic rings. The fourth-order valence-corrected chi connectivity index (χ4v) is 3.71. The van der Waals surface area contributed by atoms with Gasteiger partial charge in [0.1, 0.15) is 0 Å². The van der Waals surface area contributed by atoms with Crippen LogP contribution in [0.1, 0.15) is 5.56 Å². The summed E-state index contributed by atoms with van der Waals surface area (Å²) in [5, 5.41) is 2.63. The van der Waals surface area contributed by atoms with Crippen LogP contribution >= 0.6 is 0 Å². The molecule has 5 rings (SSSR count). The molecule has 1 aliphatic heterocycles. The second-order valence-corrected chi connectivity index (χ2v) is 6.07. The summed E-state index contributed by atoms with van der Waals surface area (Å²) in [5.41, 5.74) is 6.64. The first-order valence-corrected chi connectivity index (χ1v) is 8.01. The minimum Gasteiger partial charge on any atom is -0.345 e. The van der Waals surface area contributed by atoms with Gasteiger partial charge in [0.15, 0.2) is 0 Å². The van der Waals surface area contributed by atoms with E-state index in [0.29, 0.717) is 0 Å². The molecule has 114 valence electrons. The number of fused-ring (bicyclic) bond motifs is 4. The van der Waals surface area contributed by atoms with E-state index in [0.717, 1.165) is 6.54 Å². The van der Waals surface area contributed by atoms with Crippen LogP contribution in [0, 0.1) is 0 Å². The monoisotopic (exact) mass is 474 g/mol. The number of rotatable bonds is 1. The Hall–Kier alpha value is -2.06. The van der Waals surface area contributed by atoms with Crippen molar-refractivity contribution in [2.75, 3.05) is 4.90 Å². The molecule has 0 aromatic heterocycles. The molecule has 4 aromatic carbocycles. The van der Waals surface area contributed by atoms with Crippen LogP contribution < -0.4 is 4.90 Å². The third-order valence-electron chi connectivity index (χ3n) is 4.78. The Morgan fingerprint density at radius 3 is 2.38 bits per heavy atom. The van der Waals surface area contributed by atoms with E-state index in [2.05, 4.69) is 89.8 Å².